The minimum atomic E-state index is -4.49. The highest BCUT2D eigenvalue weighted by Crippen LogP contribution is 2.30. The van der Waals surface area contributed by atoms with Crippen molar-refractivity contribution in [3.05, 3.63) is 29.6 Å². The Morgan fingerprint density at radius 3 is 2.69 bits per heavy atom. The maximum atomic E-state index is 12.5. The van der Waals surface area contributed by atoms with E-state index in [0.717, 1.165) is 6.20 Å². The Bertz CT molecular complexity index is 377. The largest absolute Gasteiger partial charge is 0.481 e. The van der Waals surface area contributed by atoms with Crippen LogP contribution in [0.25, 0.3) is 0 Å². The van der Waals surface area contributed by atoms with E-state index in [1.807, 2.05) is 0 Å². The van der Waals surface area contributed by atoms with Gasteiger partial charge in [-0.3, -0.25) is 9.78 Å². The monoisotopic (exact) mass is 233 g/mol. The van der Waals surface area contributed by atoms with Crippen molar-refractivity contribution in [1.29, 1.82) is 0 Å². The summed E-state index contributed by atoms with van der Waals surface area (Å²) in [6.07, 6.45) is -3.32. The molecule has 0 aliphatic carbocycles. The van der Waals surface area contributed by atoms with E-state index in [1.54, 1.807) is 0 Å². The molecule has 1 aromatic rings. The second-order valence-corrected chi connectivity index (χ2v) is 3.26. The molecule has 0 atom stereocenters. The van der Waals surface area contributed by atoms with Crippen LogP contribution in [0.15, 0.2) is 18.3 Å². The summed E-state index contributed by atoms with van der Waals surface area (Å²) in [5.74, 6) is -1.02. The lowest BCUT2D eigenvalue weighted by molar-refractivity contribution is -0.141. The first-order valence-electron chi connectivity index (χ1n) is 4.64. The second kappa shape index (κ2) is 4.96. The highest BCUT2D eigenvalue weighted by Gasteiger charge is 2.34. The smallest absolute Gasteiger partial charge is 0.433 e. The summed E-state index contributed by atoms with van der Waals surface area (Å²) in [6, 6.07) is 2.73. The van der Waals surface area contributed by atoms with Crippen LogP contribution in [0.3, 0.4) is 0 Å². The molecule has 0 saturated carbocycles. The van der Waals surface area contributed by atoms with Crippen LogP contribution >= 0.6 is 0 Å². The Morgan fingerprint density at radius 2 is 2.12 bits per heavy atom. The van der Waals surface area contributed by atoms with Crippen LogP contribution in [0.5, 0.6) is 0 Å². The number of hydrogen-bond donors (Lipinski definition) is 1. The molecule has 3 nitrogen and oxygen atoms in total. The zero-order chi connectivity index (χ0) is 12.2. The fourth-order valence-electron chi connectivity index (χ4n) is 1.33. The number of alkyl halides is 3. The van der Waals surface area contributed by atoms with E-state index in [-0.39, 0.29) is 24.8 Å². The predicted octanol–water partition coefficient (Wildman–Crippen LogP) is 2.51. The average Bonchev–Trinajstić information content (AvgIpc) is 2.16. The van der Waals surface area contributed by atoms with Gasteiger partial charge in [-0.15, -0.1) is 0 Å². The molecular formula is C10H10F3NO2. The van der Waals surface area contributed by atoms with Gasteiger partial charge < -0.3 is 5.11 Å². The normalized spacial score (nSPS) is 11.4. The minimum Gasteiger partial charge on any atom is -0.481 e. The van der Waals surface area contributed by atoms with E-state index in [1.165, 1.54) is 12.1 Å². The van der Waals surface area contributed by atoms with Gasteiger partial charge >= 0.3 is 12.1 Å². The molecule has 88 valence electrons. The van der Waals surface area contributed by atoms with Gasteiger partial charge in [0.1, 0.15) is 5.69 Å². The Hall–Kier alpha value is -1.59. The topological polar surface area (TPSA) is 50.2 Å². The lowest BCUT2D eigenvalue weighted by Gasteiger charge is -2.10. The zero-order valence-electron chi connectivity index (χ0n) is 8.29. The molecule has 0 amide bonds. The molecule has 0 radical (unpaired) electrons. The molecule has 0 unspecified atom stereocenters. The summed E-state index contributed by atoms with van der Waals surface area (Å²) >= 11 is 0. The van der Waals surface area contributed by atoms with E-state index in [0.29, 0.717) is 0 Å². The van der Waals surface area contributed by atoms with Crippen LogP contribution in [0, 0.1) is 0 Å². The number of aryl methyl sites for hydroxylation is 1. The number of carboxylic acids is 1. The standard InChI is InChI=1S/C10H10F3NO2/c11-10(12,13)9-7(4-2-6-14-9)3-1-5-8(15)16/h2,4,6H,1,3,5H2,(H,15,16). The molecule has 0 aromatic carbocycles. The van der Waals surface area contributed by atoms with Gasteiger partial charge in [0.05, 0.1) is 0 Å². The predicted molar refractivity (Wildman–Crippen MR) is 49.8 cm³/mol. The molecule has 16 heavy (non-hydrogen) atoms. The number of rotatable bonds is 4. The number of halogens is 3. The fraction of sp³-hybridized carbons (Fsp3) is 0.400. The van der Waals surface area contributed by atoms with Gasteiger partial charge in [-0.05, 0) is 24.5 Å². The number of aromatic nitrogens is 1. The second-order valence-electron chi connectivity index (χ2n) is 3.26. The fourth-order valence-corrected chi connectivity index (χ4v) is 1.33. The van der Waals surface area contributed by atoms with Gasteiger partial charge in [-0.1, -0.05) is 6.07 Å². The maximum absolute atomic E-state index is 12.5. The van der Waals surface area contributed by atoms with Crippen molar-refractivity contribution in [2.45, 2.75) is 25.4 Å². The molecule has 1 rings (SSSR count). The quantitative estimate of drug-likeness (QED) is 0.869. The van der Waals surface area contributed by atoms with Crippen LogP contribution in [0.4, 0.5) is 13.2 Å². The Labute approximate surface area is 89.9 Å². The van der Waals surface area contributed by atoms with Crippen LogP contribution in [0.2, 0.25) is 0 Å². The van der Waals surface area contributed by atoms with Gasteiger partial charge in [0.15, 0.2) is 0 Å². The summed E-state index contributed by atoms with van der Waals surface area (Å²) in [4.78, 5) is 13.5. The minimum absolute atomic E-state index is 0.0382. The lowest BCUT2D eigenvalue weighted by atomic mass is 10.1. The van der Waals surface area contributed by atoms with Crippen molar-refractivity contribution in [2.24, 2.45) is 0 Å². The van der Waals surface area contributed by atoms with Crippen LogP contribution in [0.1, 0.15) is 24.1 Å². The first-order chi connectivity index (χ1) is 7.41. The number of nitrogens with zero attached hydrogens (tertiary/aromatic N) is 1. The maximum Gasteiger partial charge on any atom is 0.433 e. The van der Waals surface area contributed by atoms with E-state index >= 15 is 0 Å². The van der Waals surface area contributed by atoms with Gasteiger partial charge in [-0.2, -0.15) is 13.2 Å². The van der Waals surface area contributed by atoms with Crippen molar-refractivity contribution in [3.63, 3.8) is 0 Å². The van der Waals surface area contributed by atoms with Gasteiger partial charge in [0.2, 0.25) is 0 Å². The van der Waals surface area contributed by atoms with Crippen LogP contribution in [-0.2, 0) is 17.4 Å². The summed E-state index contributed by atoms with van der Waals surface area (Å²) in [6.45, 7) is 0. The molecule has 6 heteroatoms. The molecule has 0 fully saturated rings. The summed E-state index contributed by atoms with van der Waals surface area (Å²) in [5.41, 5.74) is -0.892. The first kappa shape index (κ1) is 12.5. The Kier molecular flexibility index (Phi) is 3.87. The highest BCUT2D eigenvalue weighted by molar-refractivity contribution is 5.66. The third kappa shape index (κ3) is 3.52. The van der Waals surface area contributed by atoms with E-state index in [2.05, 4.69) is 4.98 Å². The van der Waals surface area contributed by atoms with Gasteiger partial charge in [0.25, 0.3) is 0 Å². The van der Waals surface area contributed by atoms with Crippen molar-refractivity contribution < 1.29 is 23.1 Å². The molecule has 0 aliphatic rings. The van der Waals surface area contributed by atoms with E-state index in [9.17, 15) is 18.0 Å². The third-order valence-corrected chi connectivity index (χ3v) is 2.00. The Morgan fingerprint density at radius 1 is 1.44 bits per heavy atom. The zero-order valence-corrected chi connectivity index (χ0v) is 8.29. The SMILES string of the molecule is O=C(O)CCCc1cccnc1C(F)(F)F. The average molecular weight is 233 g/mol. The van der Waals surface area contributed by atoms with Crippen molar-refractivity contribution in [3.8, 4) is 0 Å². The van der Waals surface area contributed by atoms with Crippen molar-refractivity contribution in [1.82, 2.24) is 4.98 Å². The molecular weight excluding hydrogens is 223 g/mol. The lowest BCUT2D eigenvalue weighted by Crippen LogP contribution is -2.12. The van der Waals surface area contributed by atoms with E-state index < -0.39 is 17.8 Å². The summed E-state index contributed by atoms with van der Waals surface area (Å²) in [7, 11) is 0. The number of hydrogen-bond acceptors (Lipinski definition) is 2. The van der Waals surface area contributed by atoms with Crippen LogP contribution in [-0.4, -0.2) is 16.1 Å². The molecule has 0 aliphatic heterocycles. The molecule has 1 aromatic heterocycles. The van der Waals surface area contributed by atoms with Crippen LogP contribution < -0.4 is 0 Å². The summed E-state index contributed by atoms with van der Waals surface area (Å²) < 4.78 is 37.4. The first-order valence-corrected chi connectivity index (χ1v) is 4.64. The molecule has 1 heterocycles. The number of carbonyl (C=O) groups is 1. The van der Waals surface area contributed by atoms with Crippen molar-refractivity contribution >= 4 is 5.97 Å². The molecule has 0 saturated heterocycles. The third-order valence-electron chi connectivity index (χ3n) is 2.00. The number of aliphatic carboxylic acids is 1. The Balaban J connectivity index is 2.76. The molecule has 0 bridgehead atoms. The van der Waals surface area contributed by atoms with Gasteiger partial charge in [-0.25, -0.2) is 0 Å². The number of carboxylic acid groups (broad SMARTS) is 1. The van der Waals surface area contributed by atoms with Crippen molar-refractivity contribution in [2.75, 3.05) is 0 Å². The molecule has 0 spiro atoms. The van der Waals surface area contributed by atoms with Gasteiger partial charge in [0, 0.05) is 12.6 Å². The highest BCUT2D eigenvalue weighted by atomic mass is 19.4. The summed E-state index contributed by atoms with van der Waals surface area (Å²) in [5, 5.41) is 8.38. The molecule has 1 N–H and O–H groups in total. The number of pyridine rings is 1. The van der Waals surface area contributed by atoms with E-state index in [4.69, 9.17) is 5.11 Å².